The Morgan fingerprint density at radius 1 is 0.159 bits per heavy atom. The summed E-state index contributed by atoms with van der Waals surface area (Å²) < 4.78 is 7.41. The average molecular weight is 878 g/mol. The van der Waals surface area contributed by atoms with Gasteiger partial charge in [0.15, 0.2) is 0 Å². The molecule has 0 spiro atoms. The molecule has 0 aliphatic heterocycles. The molecule has 0 N–H and O–H groups in total. The minimum absolute atomic E-state index is 1.12. The third-order valence-corrected chi connectivity index (χ3v) is 14.2. The summed E-state index contributed by atoms with van der Waals surface area (Å²) in [5, 5.41) is 7.33. The van der Waals surface area contributed by atoms with Crippen LogP contribution in [0.4, 0.5) is 0 Å². The number of hydrogen-bond donors (Lipinski definition) is 0. The molecule has 14 aromatic rings. The lowest BCUT2D eigenvalue weighted by molar-refractivity contribution is 1.16. The highest BCUT2D eigenvalue weighted by Crippen LogP contribution is 2.42. The molecule has 69 heavy (non-hydrogen) atoms. The molecule has 0 unspecified atom stereocenters. The number of fused-ring (bicyclic) bond motifs is 9. The van der Waals surface area contributed by atoms with E-state index in [0.29, 0.717) is 0 Å². The van der Waals surface area contributed by atoms with Gasteiger partial charge in [0.25, 0.3) is 0 Å². The maximum atomic E-state index is 2.48. The highest BCUT2D eigenvalue weighted by atomic mass is 15.0. The fourth-order valence-corrected chi connectivity index (χ4v) is 11.0. The van der Waals surface area contributed by atoms with Crippen LogP contribution >= 0.6 is 0 Å². The number of nitrogens with zero attached hydrogens (tertiary/aromatic N) is 3. The molecule has 3 aromatic heterocycles. The monoisotopic (exact) mass is 877 g/mol. The first-order valence-corrected chi connectivity index (χ1v) is 23.7. The van der Waals surface area contributed by atoms with E-state index in [1.165, 1.54) is 98.9 Å². The molecule has 14 rings (SSSR count). The van der Waals surface area contributed by atoms with Gasteiger partial charge in [0.05, 0.1) is 33.1 Å². The van der Waals surface area contributed by atoms with Gasteiger partial charge < -0.3 is 13.7 Å². The maximum absolute atomic E-state index is 2.48. The van der Waals surface area contributed by atoms with Crippen molar-refractivity contribution in [2.24, 2.45) is 0 Å². The topological polar surface area (TPSA) is 14.8 Å². The molecule has 0 aliphatic rings. The molecule has 0 saturated carbocycles. The van der Waals surface area contributed by atoms with Gasteiger partial charge in [-0.3, -0.25) is 0 Å². The van der Waals surface area contributed by atoms with Crippen LogP contribution in [0.25, 0.3) is 127 Å². The molecule has 322 valence electrons. The largest absolute Gasteiger partial charge is 0.309 e. The van der Waals surface area contributed by atoms with Crippen LogP contribution in [0.15, 0.2) is 261 Å². The lowest BCUT2D eigenvalue weighted by Gasteiger charge is -2.15. The average Bonchev–Trinajstić information content (AvgIpc) is 4.06. The predicted molar refractivity (Wildman–Crippen MR) is 291 cm³/mol. The molecule has 0 aliphatic carbocycles. The van der Waals surface area contributed by atoms with Crippen LogP contribution in [0.2, 0.25) is 0 Å². The minimum Gasteiger partial charge on any atom is -0.309 e. The normalized spacial score (nSPS) is 11.8. The van der Waals surface area contributed by atoms with Gasteiger partial charge in [-0.05, 0) is 123 Å². The van der Waals surface area contributed by atoms with Gasteiger partial charge in [-0.2, -0.15) is 0 Å². The van der Waals surface area contributed by atoms with E-state index in [9.17, 15) is 0 Å². The SMILES string of the molecule is c1ccc(-c2cc(-c3ccccc3)cc(-n3c4ccc(-n5c6ccccc6c6ccc(-c7ccccc7)cc65)cc4c4cc(-n5c6ccccc6c6ccc(-c7ccccc7)cc65)ccc43)c2)cc1. The van der Waals surface area contributed by atoms with Gasteiger partial charge in [0, 0.05) is 49.4 Å². The summed E-state index contributed by atoms with van der Waals surface area (Å²) in [6.45, 7) is 0. The lowest BCUT2D eigenvalue weighted by Crippen LogP contribution is -1.98. The first-order chi connectivity index (χ1) is 34.2. The Morgan fingerprint density at radius 2 is 0.493 bits per heavy atom. The highest BCUT2D eigenvalue weighted by molar-refractivity contribution is 6.14. The standard InChI is InChI=1S/C66H43N3/c1-5-17-44(18-6-1)48-29-33-57-55-25-13-15-27-61(55)67(65(57)40-48)52-31-35-63-59(42-52)60-43-53(68-62-28-16-14-26-56(62)58-34-30-49(41-66(58)68)45-19-7-2-8-20-45)32-36-64(60)69(63)54-38-50(46-21-9-3-10-22-46)37-51(39-54)47-23-11-4-12-24-47/h1-43H. The van der Waals surface area contributed by atoms with Crippen LogP contribution in [-0.2, 0) is 0 Å². The molecule has 3 heteroatoms. The Bertz CT molecular complexity index is 4000. The fraction of sp³-hybridized carbons (Fsp3) is 0. The van der Waals surface area contributed by atoms with E-state index in [1.807, 2.05) is 0 Å². The van der Waals surface area contributed by atoms with Crippen LogP contribution in [0, 0.1) is 0 Å². The van der Waals surface area contributed by atoms with Crippen molar-refractivity contribution < 1.29 is 0 Å². The highest BCUT2D eigenvalue weighted by Gasteiger charge is 2.21. The number of hydrogen-bond acceptors (Lipinski definition) is 0. The summed E-state index contributed by atoms with van der Waals surface area (Å²) in [6.07, 6.45) is 0. The zero-order valence-electron chi connectivity index (χ0n) is 37.7. The van der Waals surface area contributed by atoms with E-state index in [1.54, 1.807) is 0 Å². The third-order valence-electron chi connectivity index (χ3n) is 14.2. The summed E-state index contributed by atoms with van der Waals surface area (Å²) in [5.41, 5.74) is 19.9. The van der Waals surface area contributed by atoms with Gasteiger partial charge in [-0.1, -0.05) is 182 Å². The van der Waals surface area contributed by atoms with Crippen molar-refractivity contribution in [3.8, 4) is 61.6 Å². The maximum Gasteiger partial charge on any atom is 0.0547 e. The van der Waals surface area contributed by atoms with Crippen LogP contribution < -0.4 is 0 Å². The van der Waals surface area contributed by atoms with Crippen LogP contribution in [0.1, 0.15) is 0 Å². The van der Waals surface area contributed by atoms with E-state index in [4.69, 9.17) is 0 Å². The zero-order valence-corrected chi connectivity index (χ0v) is 37.7. The van der Waals surface area contributed by atoms with E-state index in [2.05, 4.69) is 275 Å². The quantitative estimate of drug-likeness (QED) is 0.152. The number of benzene rings is 11. The van der Waals surface area contributed by atoms with Gasteiger partial charge in [0.2, 0.25) is 0 Å². The molecule has 0 radical (unpaired) electrons. The molecule has 0 saturated heterocycles. The van der Waals surface area contributed by atoms with Crippen molar-refractivity contribution in [3.05, 3.63) is 261 Å². The molecular weight excluding hydrogens is 835 g/mol. The lowest BCUT2D eigenvalue weighted by atomic mass is 9.98. The summed E-state index contributed by atoms with van der Waals surface area (Å²) in [7, 11) is 0. The van der Waals surface area contributed by atoms with Gasteiger partial charge >= 0.3 is 0 Å². The van der Waals surface area contributed by atoms with Crippen molar-refractivity contribution in [3.63, 3.8) is 0 Å². The van der Waals surface area contributed by atoms with Crippen molar-refractivity contribution >= 4 is 65.4 Å². The van der Waals surface area contributed by atoms with Crippen molar-refractivity contribution in [2.75, 3.05) is 0 Å². The van der Waals surface area contributed by atoms with E-state index >= 15 is 0 Å². The van der Waals surface area contributed by atoms with Gasteiger partial charge in [-0.25, -0.2) is 0 Å². The van der Waals surface area contributed by atoms with E-state index < -0.39 is 0 Å². The molecule has 0 fully saturated rings. The first kappa shape index (κ1) is 39.0. The molecule has 3 heterocycles. The fourth-order valence-electron chi connectivity index (χ4n) is 11.0. The second-order valence-electron chi connectivity index (χ2n) is 18.1. The summed E-state index contributed by atoms with van der Waals surface area (Å²) in [6, 6.07) is 95.7. The van der Waals surface area contributed by atoms with Gasteiger partial charge in [-0.15, -0.1) is 0 Å². The first-order valence-electron chi connectivity index (χ1n) is 23.7. The van der Waals surface area contributed by atoms with Crippen LogP contribution in [0.3, 0.4) is 0 Å². The Kier molecular flexibility index (Phi) is 8.90. The second kappa shape index (κ2) is 15.7. The minimum atomic E-state index is 1.12. The van der Waals surface area contributed by atoms with Crippen molar-refractivity contribution in [1.29, 1.82) is 0 Å². The molecule has 0 amide bonds. The third kappa shape index (κ3) is 6.36. The van der Waals surface area contributed by atoms with E-state index in [0.717, 1.165) is 28.1 Å². The summed E-state index contributed by atoms with van der Waals surface area (Å²) in [4.78, 5) is 0. The molecule has 0 atom stereocenters. The molecule has 3 nitrogen and oxygen atoms in total. The van der Waals surface area contributed by atoms with Crippen LogP contribution in [-0.4, -0.2) is 13.7 Å². The predicted octanol–water partition coefficient (Wildman–Crippen LogP) is 17.6. The Morgan fingerprint density at radius 3 is 0.913 bits per heavy atom. The molecular formula is C66H43N3. The van der Waals surface area contributed by atoms with Crippen molar-refractivity contribution in [2.45, 2.75) is 0 Å². The molecule has 0 bridgehead atoms. The number of rotatable bonds is 7. The Balaban J connectivity index is 1.06. The molecule has 11 aromatic carbocycles. The van der Waals surface area contributed by atoms with Crippen LogP contribution in [0.5, 0.6) is 0 Å². The number of aromatic nitrogens is 3. The number of para-hydroxylation sites is 2. The Hall–Kier alpha value is -9.18. The summed E-state index contributed by atoms with van der Waals surface area (Å²) in [5.74, 6) is 0. The zero-order chi connectivity index (χ0) is 45.4. The smallest absolute Gasteiger partial charge is 0.0547 e. The summed E-state index contributed by atoms with van der Waals surface area (Å²) >= 11 is 0. The second-order valence-corrected chi connectivity index (χ2v) is 18.1. The van der Waals surface area contributed by atoms with Crippen molar-refractivity contribution in [1.82, 2.24) is 13.7 Å². The van der Waals surface area contributed by atoms with E-state index in [-0.39, 0.29) is 0 Å². The van der Waals surface area contributed by atoms with Gasteiger partial charge in [0.1, 0.15) is 0 Å². The Labute approximate surface area is 399 Å².